The zero-order chi connectivity index (χ0) is 17.4. The number of ether oxygens (including phenoxy) is 1. The van der Waals surface area contributed by atoms with E-state index < -0.39 is 10.8 Å². The first-order valence-electron chi connectivity index (χ1n) is 7.46. The lowest BCUT2D eigenvalue weighted by molar-refractivity contribution is -0.483. The van der Waals surface area contributed by atoms with E-state index in [2.05, 4.69) is 5.92 Å². The number of hydrogen-bond donors (Lipinski definition) is 0. The second-order valence-corrected chi connectivity index (χ2v) is 5.27. The van der Waals surface area contributed by atoms with Gasteiger partial charge in [0.05, 0.1) is 5.92 Å². The fraction of sp³-hybridized carbons (Fsp3) is 0.211. The van der Waals surface area contributed by atoms with Crippen LogP contribution in [0.1, 0.15) is 28.3 Å². The molecule has 0 aromatic heterocycles. The van der Waals surface area contributed by atoms with E-state index in [1.807, 2.05) is 6.07 Å². The van der Waals surface area contributed by atoms with Crippen LogP contribution in [0.3, 0.4) is 0 Å². The molecule has 0 aliphatic carbocycles. The Balaban J connectivity index is 2.14. The summed E-state index contributed by atoms with van der Waals surface area (Å²) in [7, 11) is 0. The summed E-state index contributed by atoms with van der Waals surface area (Å²) in [5.74, 6) is 2.35. The minimum Gasteiger partial charge on any atom is -0.481 e. The Morgan fingerprint density at radius 3 is 2.42 bits per heavy atom. The van der Waals surface area contributed by atoms with Gasteiger partial charge in [-0.1, -0.05) is 48.4 Å². The summed E-state index contributed by atoms with van der Waals surface area (Å²) in [6.07, 6.45) is 5.21. The molecule has 0 heterocycles. The van der Waals surface area contributed by atoms with Gasteiger partial charge in [-0.2, -0.15) is 0 Å². The van der Waals surface area contributed by atoms with Crippen molar-refractivity contribution >= 4 is 5.78 Å². The lowest BCUT2D eigenvalue weighted by Gasteiger charge is -2.13. The molecule has 0 fully saturated rings. The van der Waals surface area contributed by atoms with Crippen molar-refractivity contribution in [1.82, 2.24) is 0 Å². The van der Waals surface area contributed by atoms with E-state index in [0.29, 0.717) is 11.3 Å². The first-order chi connectivity index (χ1) is 11.6. The van der Waals surface area contributed by atoms with Gasteiger partial charge in [0.1, 0.15) is 12.4 Å². The van der Waals surface area contributed by atoms with Gasteiger partial charge in [0.15, 0.2) is 5.78 Å². The van der Waals surface area contributed by atoms with Gasteiger partial charge in [-0.15, -0.1) is 6.42 Å². The molecule has 1 unspecified atom stereocenters. The van der Waals surface area contributed by atoms with Crippen LogP contribution in [-0.2, 0) is 0 Å². The molecule has 0 radical (unpaired) electrons. The highest BCUT2D eigenvalue weighted by atomic mass is 16.6. The molecule has 1 atom stereocenters. The molecule has 0 saturated heterocycles. The molecule has 0 aliphatic rings. The van der Waals surface area contributed by atoms with Crippen LogP contribution in [0.2, 0.25) is 0 Å². The van der Waals surface area contributed by atoms with Gasteiger partial charge >= 0.3 is 0 Å². The number of nitro groups is 1. The number of hydrogen-bond acceptors (Lipinski definition) is 4. The first-order valence-corrected chi connectivity index (χ1v) is 7.46. The third-order valence-electron chi connectivity index (χ3n) is 3.57. The Hall–Kier alpha value is -3.13. The van der Waals surface area contributed by atoms with Gasteiger partial charge < -0.3 is 4.74 Å². The lowest BCUT2D eigenvalue weighted by Crippen LogP contribution is -2.16. The Morgan fingerprint density at radius 1 is 1.17 bits per heavy atom. The largest absolute Gasteiger partial charge is 0.481 e. The summed E-state index contributed by atoms with van der Waals surface area (Å²) in [4.78, 5) is 22.9. The Bertz CT molecular complexity index is 732. The number of Topliss-reactive ketones (excluding diaryl/α,β-unsaturated/α-hetero) is 1. The monoisotopic (exact) mass is 323 g/mol. The summed E-state index contributed by atoms with van der Waals surface area (Å²) in [6, 6.07) is 15.7. The summed E-state index contributed by atoms with van der Waals surface area (Å²) < 4.78 is 5.28. The average Bonchev–Trinajstić information content (AvgIpc) is 2.60. The van der Waals surface area contributed by atoms with Crippen molar-refractivity contribution in [3.63, 3.8) is 0 Å². The number of benzene rings is 2. The number of carbonyl (C=O) groups is 1. The van der Waals surface area contributed by atoms with E-state index in [0.717, 1.165) is 5.56 Å². The van der Waals surface area contributed by atoms with Crippen molar-refractivity contribution in [2.24, 2.45) is 0 Å². The molecular weight excluding hydrogens is 306 g/mol. The molecule has 0 N–H and O–H groups in total. The third kappa shape index (κ3) is 4.96. The molecule has 0 saturated carbocycles. The van der Waals surface area contributed by atoms with E-state index >= 15 is 0 Å². The molecule has 0 spiro atoms. The molecule has 24 heavy (non-hydrogen) atoms. The van der Waals surface area contributed by atoms with Crippen molar-refractivity contribution in [3.8, 4) is 18.1 Å². The topological polar surface area (TPSA) is 69.4 Å². The van der Waals surface area contributed by atoms with E-state index in [4.69, 9.17) is 11.2 Å². The normalized spacial score (nSPS) is 11.3. The third-order valence-corrected chi connectivity index (χ3v) is 3.57. The van der Waals surface area contributed by atoms with Crippen molar-refractivity contribution < 1.29 is 14.5 Å². The summed E-state index contributed by atoms with van der Waals surface area (Å²) in [6.45, 7) is -0.146. The second-order valence-electron chi connectivity index (χ2n) is 5.27. The average molecular weight is 323 g/mol. The van der Waals surface area contributed by atoms with Crippen LogP contribution in [0, 0.1) is 22.5 Å². The SMILES string of the molecule is C#CCOc1ccc(C(CC(=O)c2ccccc2)C[N+](=O)[O-])cc1. The first kappa shape index (κ1) is 17.2. The maximum Gasteiger partial charge on any atom is 0.211 e. The van der Waals surface area contributed by atoms with Gasteiger partial charge in [-0.25, -0.2) is 0 Å². The highest BCUT2D eigenvalue weighted by Crippen LogP contribution is 2.24. The van der Waals surface area contributed by atoms with E-state index in [1.165, 1.54) is 0 Å². The number of ketones is 1. The zero-order valence-electron chi connectivity index (χ0n) is 13.1. The van der Waals surface area contributed by atoms with Crippen LogP contribution in [0.25, 0.3) is 0 Å². The van der Waals surface area contributed by atoms with Gasteiger partial charge in [-0.05, 0) is 17.7 Å². The van der Waals surface area contributed by atoms with Gasteiger partial charge in [0, 0.05) is 16.9 Å². The van der Waals surface area contributed by atoms with Gasteiger partial charge in [-0.3, -0.25) is 14.9 Å². The highest BCUT2D eigenvalue weighted by Gasteiger charge is 2.22. The minimum absolute atomic E-state index is 0.0789. The van der Waals surface area contributed by atoms with Crippen molar-refractivity contribution in [2.75, 3.05) is 13.2 Å². The molecule has 5 heteroatoms. The Labute approximate surface area is 140 Å². The van der Waals surface area contributed by atoms with Gasteiger partial charge in [0.2, 0.25) is 6.54 Å². The van der Waals surface area contributed by atoms with Crippen molar-refractivity contribution in [1.29, 1.82) is 0 Å². The summed E-state index contributed by atoms with van der Waals surface area (Å²) in [5, 5.41) is 11.0. The van der Waals surface area contributed by atoms with Crippen LogP contribution in [0.5, 0.6) is 5.75 Å². The molecule has 122 valence electrons. The van der Waals surface area contributed by atoms with Crippen LogP contribution in [0.4, 0.5) is 0 Å². The molecule has 0 aliphatic heterocycles. The maximum atomic E-state index is 12.3. The standard InChI is InChI=1S/C19H17NO4/c1-2-12-24-18-10-8-15(9-11-18)17(14-20(22)23)13-19(21)16-6-4-3-5-7-16/h1,3-11,17H,12-14H2. The van der Waals surface area contributed by atoms with Crippen LogP contribution >= 0.6 is 0 Å². The fourth-order valence-electron chi connectivity index (χ4n) is 2.39. The van der Waals surface area contributed by atoms with Crippen LogP contribution in [0.15, 0.2) is 54.6 Å². The lowest BCUT2D eigenvalue weighted by atomic mass is 9.91. The highest BCUT2D eigenvalue weighted by molar-refractivity contribution is 5.96. The fourth-order valence-corrected chi connectivity index (χ4v) is 2.39. The number of terminal acetylenes is 1. The van der Waals surface area contributed by atoms with E-state index in [-0.39, 0.29) is 25.4 Å². The second kappa shape index (κ2) is 8.49. The van der Waals surface area contributed by atoms with Crippen molar-refractivity contribution in [3.05, 3.63) is 75.8 Å². The predicted molar refractivity (Wildman–Crippen MR) is 90.8 cm³/mol. The summed E-state index contributed by atoms with van der Waals surface area (Å²) in [5.41, 5.74) is 1.28. The van der Waals surface area contributed by atoms with Gasteiger partial charge in [0.25, 0.3) is 0 Å². The molecule has 2 aromatic carbocycles. The zero-order valence-corrected chi connectivity index (χ0v) is 13.1. The number of rotatable bonds is 8. The molecule has 2 aromatic rings. The van der Waals surface area contributed by atoms with E-state index in [9.17, 15) is 14.9 Å². The minimum atomic E-state index is -0.491. The van der Waals surface area contributed by atoms with Crippen molar-refractivity contribution in [2.45, 2.75) is 12.3 Å². The number of nitrogens with zero attached hydrogens (tertiary/aromatic N) is 1. The summed E-state index contributed by atoms with van der Waals surface area (Å²) >= 11 is 0. The smallest absolute Gasteiger partial charge is 0.211 e. The Kier molecular flexibility index (Phi) is 6.09. The maximum absolute atomic E-state index is 12.3. The Morgan fingerprint density at radius 2 is 1.83 bits per heavy atom. The molecule has 0 bridgehead atoms. The van der Waals surface area contributed by atoms with Crippen LogP contribution < -0.4 is 4.74 Å². The van der Waals surface area contributed by atoms with E-state index in [1.54, 1.807) is 48.5 Å². The predicted octanol–water partition coefficient (Wildman–Crippen LogP) is 3.33. The number of carbonyl (C=O) groups excluding carboxylic acids is 1. The molecule has 5 nitrogen and oxygen atoms in total. The molecule has 2 rings (SSSR count). The quantitative estimate of drug-likeness (QED) is 0.323. The van der Waals surface area contributed by atoms with Crippen LogP contribution in [-0.4, -0.2) is 23.9 Å². The molecular formula is C19H17NO4. The molecule has 0 amide bonds.